The van der Waals surface area contributed by atoms with Gasteiger partial charge in [0.15, 0.2) is 6.04 Å². The van der Waals surface area contributed by atoms with Gasteiger partial charge in [-0.3, -0.25) is 4.99 Å². The van der Waals surface area contributed by atoms with Crippen molar-refractivity contribution in [3.05, 3.63) is 23.2 Å². The van der Waals surface area contributed by atoms with E-state index in [1.807, 2.05) is 0 Å². The van der Waals surface area contributed by atoms with Crippen molar-refractivity contribution < 1.29 is 67.8 Å². The summed E-state index contributed by atoms with van der Waals surface area (Å²) in [6, 6.07) is 4.28. The van der Waals surface area contributed by atoms with Crippen molar-refractivity contribution in [1.29, 1.82) is 0 Å². The van der Waals surface area contributed by atoms with Crippen LogP contribution in [0.25, 0.3) is 10.2 Å². The van der Waals surface area contributed by atoms with Crippen LogP contribution < -0.4 is 51.4 Å². The Bertz CT molecular complexity index is 677. The number of thioether (sulfide) groups is 1. The van der Waals surface area contributed by atoms with E-state index >= 15 is 0 Å². The number of thiazole rings is 1. The quantitative estimate of drug-likeness (QED) is 0.698. The molecule has 0 amide bonds. The van der Waals surface area contributed by atoms with E-state index in [2.05, 4.69) is 9.98 Å². The standard InChI is InChI=1S/C11H8N2O3S2.K.H/c14-5-1-2-6-8(3-5)18-10(12-6)9-13-7(4-17-9)11(15)16;;/h1-3,7,14H,4H2,(H,15,16);;/q;+1;-1. The molecular weight excluding hydrogens is 311 g/mol. The zero-order valence-corrected chi connectivity index (χ0v) is 14.8. The number of aromatic nitrogens is 1. The molecule has 0 aliphatic carbocycles. The number of phenols is 1. The van der Waals surface area contributed by atoms with E-state index in [1.54, 1.807) is 18.2 Å². The third-order valence-corrected chi connectivity index (χ3v) is 4.70. The van der Waals surface area contributed by atoms with Gasteiger partial charge in [-0.1, -0.05) is 0 Å². The van der Waals surface area contributed by atoms with Crippen molar-refractivity contribution in [3.8, 4) is 5.75 Å². The maximum atomic E-state index is 10.8. The van der Waals surface area contributed by atoms with Crippen LogP contribution in [0.4, 0.5) is 0 Å². The summed E-state index contributed by atoms with van der Waals surface area (Å²) in [5, 5.41) is 19.7. The van der Waals surface area contributed by atoms with E-state index in [0.29, 0.717) is 15.8 Å². The van der Waals surface area contributed by atoms with E-state index in [1.165, 1.54) is 23.1 Å². The summed E-state index contributed by atoms with van der Waals surface area (Å²) >= 11 is 2.81. The number of carbonyl (C=O) groups is 1. The fraction of sp³-hybridized carbons (Fsp3) is 0.182. The first-order chi connectivity index (χ1) is 8.63. The predicted octanol–water partition coefficient (Wildman–Crippen LogP) is -0.935. The van der Waals surface area contributed by atoms with Crippen molar-refractivity contribution in [2.45, 2.75) is 6.04 Å². The molecule has 1 aliphatic heterocycles. The molecule has 0 fully saturated rings. The second-order valence-corrected chi connectivity index (χ2v) is 5.81. The molecule has 5 nitrogen and oxygen atoms in total. The number of nitrogens with zero attached hydrogens (tertiary/aromatic N) is 2. The Morgan fingerprint density at radius 2 is 2.26 bits per heavy atom. The van der Waals surface area contributed by atoms with Gasteiger partial charge in [0.25, 0.3) is 0 Å². The van der Waals surface area contributed by atoms with Gasteiger partial charge in [-0.25, -0.2) is 9.78 Å². The smallest absolute Gasteiger partial charge is 1.00 e. The van der Waals surface area contributed by atoms with Crippen molar-refractivity contribution in [1.82, 2.24) is 4.98 Å². The van der Waals surface area contributed by atoms with E-state index in [4.69, 9.17) is 5.11 Å². The normalized spacial score (nSPS) is 18.1. The Morgan fingerprint density at radius 1 is 1.47 bits per heavy atom. The molecule has 2 heterocycles. The molecule has 94 valence electrons. The molecule has 0 radical (unpaired) electrons. The summed E-state index contributed by atoms with van der Waals surface area (Å²) in [6.07, 6.45) is 0. The molecular formula is C11H9KN2O3S2. The molecule has 2 N–H and O–H groups in total. The Morgan fingerprint density at radius 3 is 2.95 bits per heavy atom. The number of carboxylic acids is 1. The first-order valence-electron chi connectivity index (χ1n) is 5.17. The molecule has 0 bridgehead atoms. The Balaban J connectivity index is 0.000001000. The summed E-state index contributed by atoms with van der Waals surface area (Å²) in [5.74, 6) is -0.260. The number of carboxylic acid groups (broad SMARTS) is 1. The zero-order chi connectivity index (χ0) is 12.7. The van der Waals surface area contributed by atoms with Crippen molar-refractivity contribution in [2.75, 3.05) is 5.75 Å². The van der Waals surface area contributed by atoms with Gasteiger partial charge in [0.2, 0.25) is 0 Å². The van der Waals surface area contributed by atoms with Gasteiger partial charge >= 0.3 is 57.4 Å². The Hall–Kier alpha value is 0.0364. The fourth-order valence-electron chi connectivity index (χ4n) is 1.62. The summed E-state index contributed by atoms with van der Waals surface area (Å²) in [7, 11) is 0. The third-order valence-electron chi connectivity index (χ3n) is 2.49. The molecule has 1 aliphatic rings. The molecule has 2 aromatic rings. The predicted molar refractivity (Wildman–Crippen MR) is 72.8 cm³/mol. The minimum atomic E-state index is -0.906. The molecule has 8 heteroatoms. The van der Waals surface area contributed by atoms with Crippen LogP contribution in [0.2, 0.25) is 0 Å². The number of hydrogen-bond donors (Lipinski definition) is 2. The van der Waals surface area contributed by atoms with Gasteiger partial charge in [0.1, 0.15) is 15.8 Å². The number of aliphatic carboxylic acids is 1. The van der Waals surface area contributed by atoms with Crippen molar-refractivity contribution in [3.63, 3.8) is 0 Å². The Labute approximate surface area is 161 Å². The van der Waals surface area contributed by atoms with Gasteiger partial charge < -0.3 is 11.6 Å². The first kappa shape index (κ1) is 15.4. The largest absolute Gasteiger partial charge is 1.00 e. The summed E-state index contributed by atoms with van der Waals surface area (Å²) < 4.78 is 0.868. The molecule has 1 atom stereocenters. The molecule has 3 rings (SSSR count). The second kappa shape index (κ2) is 6.21. The number of aliphatic imine (C=N–C) groups is 1. The van der Waals surface area contributed by atoms with Gasteiger partial charge in [-0.15, -0.1) is 23.1 Å². The van der Waals surface area contributed by atoms with Gasteiger partial charge in [-0.05, 0) is 18.2 Å². The topological polar surface area (TPSA) is 82.8 Å². The monoisotopic (exact) mass is 320 g/mol. The first-order valence-corrected chi connectivity index (χ1v) is 6.97. The number of phenolic OH excluding ortho intramolecular Hbond substituents is 1. The number of aromatic hydroxyl groups is 1. The van der Waals surface area contributed by atoms with Crippen molar-refractivity contribution in [2.24, 2.45) is 4.99 Å². The molecule has 1 aromatic carbocycles. The van der Waals surface area contributed by atoms with Gasteiger partial charge in [0.05, 0.1) is 10.2 Å². The van der Waals surface area contributed by atoms with Crippen LogP contribution in [0.1, 0.15) is 6.43 Å². The third kappa shape index (κ3) is 3.21. The van der Waals surface area contributed by atoms with Crippen LogP contribution in [-0.4, -0.2) is 38.0 Å². The average Bonchev–Trinajstić information content (AvgIpc) is 2.93. The summed E-state index contributed by atoms with van der Waals surface area (Å²) in [6.45, 7) is 0. The van der Waals surface area contributed by atoms with Crippen molar-refractivity contribution >= 4 is 44.3 Å². The second-order valence-electron chi connectivity index (χ2n) is 3.77. The van der Waals surface area contributed by atoms with Crippen LogP contribution in [0.3, 0.4) is 0 Å². The zero-order valence-electron chi connectivity index (χ0n) is 11.0. The number of benzene rings is 1. The maximum Gasteiger partial charge on any atom is 1.00 e. The fourth-order valence-corrected chi connectivity index (χ4v) is 3.72. The van der Waals surface area contributed by atoms with Gasteiger partial charge in [0, 0.05) is 5.75 Å². The van der Waals surface area contributed by atoms with E-state index in [9.17, 15) is 9.90 Å². The van der Waals surface area contributed by atoms with E-state index in [0.717, 1.165) is 10.2 Å². The molecule has 1 unspecified atom stereocenters. The van der Waals surface area contributed by atoms with E-state index < -0.39 is 12.0 Å². The minimum absolute atomic E-state index is 0. The molecule has 0 saturated carbocycles. The van der Waals surface area contributed by atoms with Gasteiger partial charge in [-0.2, -0.15) is 0 Å². The minimum Gasteiger partial charge on any atom is -1.00 e. The van der Waals surface area contributed by atoms with Crippen LogP contribution in [0.15, 0.2) is 23.2 Å². The molecule has 0 spiro atoms. The van der Waals surface area contributed by atoms with Crippen LogP contribution in [-0.2, 0) is 4.79 Å². The number of hydrogen-bond acceptors (Lipinski definition) is 6. The van der Waals surface area contributed by atoms with E-state index in [-0.39, 0.29) is 58.6 Å². The Kier molecular flexibility index (Phi) is 5.04. The molecule has 19 heavy (non-hydrogen) atoms. The summed E-state index contributed by atoms with van der Waals surface area (Å²) in [4.78, 5) is 19.4. The van der Waals surface area contributed by atoms with Crippen LogP contribution in [0, 0.1) is 0 Å². The molecule has 1 aromatic heterocycles. The number of fused-ring (bicyclic) bond motifs is 1. The summed E-state index contributed by atoms with van der Waals surface area (Å²) in [5.41, 5.74) is 0.787. The maximum absolute atomic E-state index is 10.8. The van der Waals surface area contributed by atoms with Crippen LogP contribution in [0.5, 0.6) is 5.75 Å². The SMILES string of the molecule is O=C(O)C1CSC(c2nc3ccc(O)cc3s2)=N1.[H-].[K+]. The molecule has 0 saturated heterocycles. The average molecular weight is 320 g/mol. The van der Waals surface area contributed by atoms with Crippen LogP contribution >= 0.6 is 23.1 Å². The number of rotatable bonds is 2.